The van der Waals surface area contributed by atoms with Crippen molar-refractivity contribution in [3.05, 3.63) is 45.4 Å². The van der Waals surface area contributed by atoms with Crippen molar-refractivity contribution in [2.24, 2.45) is 0 Å². The molecule has 0 aliphatic carbocycles. The van der Waals surface area contributed by atoms with Gasteiger partial charge >= 0.3 is 0 Å². The number of benzene rings is 2. The highest BCUT2D eigenvalue weighted by Gasteiger charge is 2.20. The third-order valence-electron chi connectivity index (χ3n) is 4.17. The van der Waals surface area contributed by atoms with Crippen LogP contribution >= 0.6 is 23.2 Å². The lowest BCUT2D eigenvalue weighted by Crippen LogP contribution is -2.23. The summed E-state index contributed by atoms with van der Waals surface area (Å²) in [5.74, 6) is 1.79. The van der Waals surface area contributed by atoms with E-state index in [1.807, 2.05) is 6.07 Å². The third kappa shape index (κ3) is 3.87. The van der Waals surface area contributed by atoms with Gasteiger partial charge in [-0.25, -0.2) is 0 Å². The van der Waals surface area contributed by atoms with Crippen LogP contribution in [0.4, 0.5) is 0 Å². The van der Waals surface area contributed by atoms with Crippen LogP contribution in [0, 0.1) is 0 Å². The zero-order chi connectivity index (χ0) is 18.8. The van der Waals surface area contributed by atoms with Crippen LogP contribution in [-0.2, 0) is 6.54 Å². The molecule has 2 aromatic carbocycles. The summed E-state index contributed by atoms with van der Waals surface area (Å²) in [4.78, 5) is 12.5. The van der Waals surface area contributed by atoms with Gasteiger partial charge in [-0.1, -0.05) is 23.2 Å². The van der Waals surface area contributed by atoms with E-state index in [9.17, 15) is 4.79 Å². The Kier molecular flexibility index (Phi) is 5.18. The second-order valence-corrected chi connectivity index (χ2v) is 6.93. The number of ether oxygens (including phenoxy) is 4. The highest BCUT2D eigenvalue weighted by atomic mass is 35.5. The van der Waals surface area contributed by atoms with Gasteiger partial charge in [0, 0.05) is 18.5 Å². The fourth-order valence-electron chi connectivity index (χ4n) is 2.91. The van der Waals surface area contributed by atoms with Crippen molar-refractivity contribution in [3.8, 4) is 23.0 Å². The molecule has 1 amide bonds. The predicted octanol–water partition coefficient (Wildman–Crippen LogP) is 3.86. The summed E-state index contributed by atoms with van der Waals surface area (Å²) >= 11 is 12.5. The average Bonchev–Trinajstić information content (AvgIpc) is 2.92. The number of halogens is 2. The molecule has 0 fully saturated rings. The molecule has 142 valence electrons. The van der Waals surface area contributed by atoms with Gasteiger partial charge in [0.25, 0.3) is 5.91 Å². The molecule has 0 aromatic heterocycles. The second kappa shape index (κ2) is 7.74. The van der Waals surface area contributed by atoms with E-state index in [1.54, 1.807) is 18.2 Å². The van der Waals surface area contributed by atoms with E-state index in [0.29, 0.717) is 65.0 Å². The fraction of sp³-hybridized carbons (Fsp3) is 0.316. The van der Waals surface area contributed by atoms with E-state index in [4.69, 9.17) is 42.1 Å². The number of nitrogens with one attached hydrogen (secondary N) is 1. The summed E-state index contributed by atoms with van der Waals surface area (Å²) in [7, 11) is 0. The van der Waals surface area contributed by atoms with Crippen LogP contribution in [0.3, 0.4) is 0 Å². The molecule has 2 aromatic rings. The Hall–Kier alpha value is -2.31. The van der Waals surface area contributed by atoms with Gasteiger partial charge < -0.3 is 24.3 Å². The number of hydrogen-bond acceptors (Lipinski definition) is 5. The van der Waals surface area contributed by atoms with Crippen LogP contribution in [0.25, 0.3) is 0 Å². The predicted molar refractivity (Wildman–Crippen MR) is 101 cm³/mol. The topological polar surface area (TPSA) is 66.0 Å². The lowest BCUT2D eigenvalue weighted by Gasteiger charge is -2.20. The van der Waals surface area contributed by atoms with E-state index >= 15 is 0 Å². The number of fused-ring (bicyclic) bond motifs is 2. The maximum Gasteiger partial charge on any atom is 0.251 e. The van der Waals surface area contributed by atoms with Crippen LogP contribution in [0.5, 0.6) is 23.0 Å². The van der Waals surface area contributed by atoms with Crippen LogP contribution < -0.4 is 24.3 Å². The van der Waals surface area contributed by atoms with Gasteiger partial charge in [0.2, 0.25) is 0 Å². The molecule has 1 N–H and O–H groups in total. The molecule has 0 bridgehead atoms. The quantitative estimate of drug-likeness (QED) is 0.833. The Labute approximate surface area is 166 Å². The van der Waals surface area contributed by atoms with Crippen molar-refractivity contribution in [1.29, 1.82) is 0 Å². The van der Waals surface area contributed by atoms with E-state index in [2.05, 4.69) is 5.32 Å². The first-order chi connectivity index (χ1) is 13.1. The molecule has 0 saturated carbocycles. The van der Waals surface area contributed by atoms with Crippen molar-refractivity contribution in [2.75, 3.05) is 26.4 Å². The van der Waals surface area contributed by atoms with E-state index in [-0.39, 0.29) is 12.5 Å². The summed E-state index contributed by atoms with van der Waals surface area (Å²) in [6, 6.07) is 6.76. The summed E-state index contributed by atoms with van der Waals surface area (Å²) < 4.78 is 22.3. The Morgan fingerprint density at radius 3 is 2.33 bits per heavy atom. The SMILES string of the molecule is O=C(NCc1cc(Cl)c2c(c1)OCCCO2)c1cc(Cl)c2c(c1)OCCO2. The van der Waals surface area contributed by atoms with Gasteiger partial charge in [0.15, 0.2) is 23.0 Å². The average molecular weight is 410 g/mol. The number of hydrogen-bond donors (Lipinski definition) is 1. The monoisotopic (exact) mass is 409 g/mol. The van der Waals surface area contributed by atoms with Gasteiger partial charge in [0.1, 0.15) is 13.2 Å². The maximum absolute atomic E-state index is 12.5. The minimum atomic E-state index is -0.280. The molecule has 0 unspecified atom stereocenters. The molecule has 2 aliphatic rings. The molecule has 4 rings (SSSR count). The largest absolute Gasteiger partial charge is 0.489 e. The highest BCUT2D eigenvalue weighted by molar-refractivity contribution is 6.33. The molecule has 0 atom stereocenters. The first kappa shape index (κ1) is 18.1. The summed E-state index contributed by atoms with van der Waals surface area (Å²) in [6.45, 7) is 2.26. The Morgan fingerprint density at radius 1 is 0.852 bits per heavy atom. The van der Waals surface area contributed by atoms with E-state index in [1.165, 1.54) is 0 Å². The summed E-state index contributed by atoms with van der Waals surface area (Å²) in [5.41, 5.74) is 1.20. The first-order valence-corrected chi connectivity index (χ1v) is 9.33. The second-order valence-electron chi connectivity index (χ2n) is 6.12. The first-order valence-electron chi connectivity index (χ1n) is 8.57. The molecule has 2 heterocycles. The molecular formula is C19H17Cl2NO5. The molecule has 2 aliphatic heterocycles. The molecule has 0 spiro atoms. The van der Waals surface area contributed by atoms with Crippen molar-refractivity contribution < 1.29 is 23.7 Å². The van der Waals surface area contributed by atoms with Gasteiger partial charge in [-0.15, -0.1) is 0 Å². The fourth-order valence-corrected chi connectivity index (χ4v) is 3.47. The lowest BCUT2D eigenvalue weighted by molar-refractivity contribution is 0.0949. The van der Waals surface area contributed by atoms with Crippen molar-refractivity contribution in [2.45, 2.75) is 13.0 Å². The number of carbonyl (C=O) groups is 1. The molecule has 6 nitrogen and oxygen atoms in total. The van der Waals surface area contributed by atoms with Crippen molar-refractivity contribution >= 4 is 29.1 Å². The van der Waals surface area contributed by atoms with Gasteiger partial charge in [0.05, 0.1) is 23.3 Å². The van der Waals surface area contributed by atoms with E-state index in [0.717, 1.165) is 12.0 Å². The Balaban J connectivity index is 1.49. The van der Waals surface area contributed by atoms with Gasteiger partial charge in [-0.3, -0.25) is 4.79 Å². The Bertz CT molecular complexity index is 887. The molecule has 27 heavy (non-hydrogen) atoms. The number of rotatable bonds is 3. The molecular weight excluding hydrogens is 393 g/mol. The third-order valence-corrected chi connectivity index (χ3v) is 4.74. The van der Waals surface area contributed by atoms with Crippen LogP contribution in [0.2, 0.25) is 10.0 Å². The van der Waals surface area contributed by atoms with E-state index < -0.39 is 0 Å². The molecule has 0 radical (unpaired) electrons. The highest BCUT2D eigenvalue weighted by Crippen LogP contribution is 2.39. The lowest BCUT2D eigenvalue weighted by atomic mass is 10.1. The molecule has 8 heteroatoms. The standard InChI is InChI=1S/C19H17Cl2NO5/c20-13-6-11(7-15-17(13)26-3-1-2-24-15)10-22-19(23)12-8-14(21)18-16(9-12)25-4-5-27-18/h6-9H,1-5,10H2,(H,22,23). The number of amides is 1. The van der Waals surface area contributed by atoms with Crippen LogP contribution in [-0.4, -0.2) is 32.3 Å². The maximum atomic E-state index is 12.5. The number of carbonyl (C=O) groups excluding carboxylic acids is 1. The van der Waals surface area contributed by atoms with Crippen molar-refractivity contribution in [1.82, 2.24) is 5.32 Å². The van der Waals surface area contributed by atoms with Gasteiger partial charge in [-0.2, -0.15) is 0 Å². The Morgan fingerprint density at radius 2 is 1.48 bits per heavy atom. The van der Waals surface area contributed by atoms with Crippen LogP contribution in [0.1, 0.15) is 22.3 Å². The van der Waals surface area contributed by atoms with Crippen LogP contribution in [0.15, 0.2) is 24.3 Å². The minimum absolute atomic E-state index is 0.279. The zero-order valence-electron chi connectivity index (χ0n) is 14.3. The summed E-state index contributed by atoms with van der Waals surface area (Å²) in [5, 5.41) is 3.65. The molecule has 0 saturated heterocycles. The smallest absolute Gasteiger partial charge is 0.251 e. The normalized spacial score (nSPS) is 15.0. The van der Waals surface area contributed by atoms with Gasteiger partial charge in [-0.05, 0) is 29.8 Å². The van der Waals surface area contributed by atoms with Crippen molar-refractivity contribution in [3.63, 3.8) is 0 Å². The minimum Gasteiger partial charge on any atom is -0.489 e. The zero-order valence-corrected chi connectivity index (χ0v) is 15.9. The summed E-state index contributed by atoms with van der Waals surface area (Å²) in [6.07, 6.45) is 0.794.